The summed E-state index contributed by atoms with van der Waals surface area (Å²) in [5, 5.41) is 11.2. The minimum Gasteiger partial charge on any atom is -0.0836 e. The van der Waals surface area contributed by atoms with Crippen molar-refractivity contribution in [2.45, 2.75) is 86.9 Å². The van der Waals surface area contributed by atoms with Gasteiger partial charge in [-0.2, -0.15) is 0 Å². The van der Waals surface area contributed by atoms with Gasteiger partial charge in [0.1, 0.15) is 0 Å². The Morgan fingerprint density at radius 2 is 1.07 bits per heavy atom. The molecule has 13 aliphatic carbocycles. The molecule has 10 atom stereocenters. The fourth-order valence-corrected chi connectivity index (χ4v) is 16.1. The maximum Gasteiger partial charge on any atom is 0.00672 e. The van der Waals surface area contributed by atoms with Crippen LogP contribution in [0.25, 0.3) is 55.3 Å². The van der Waals surface area contributed by atoms with Crippen LogP contribution in [0.15, 0.2) is 12.2 Å². The third-order valence-corrected chi connectivity index (χ3v) is 16.4. The highest BCUT2D eigenvalue weighted by atomic mass is 14.7. The Labute approximate surface area is 231 Å². The van der Waals surface area contributed by atoms with E-state index in [2.05, 4.69) is 12.2 Å². The topological polar surface area (TPSA) is 0 Å². The number of rotatable bonds is 0. The van der Waals surface area contributed by atoms with Crippen LogP contribution in [0.3, 0.4) is 0 Å². The second kappa shape index (κ2) is 4.73. The molecule has 0 radical (unpaired) electrons. The Morgan fingerprint density at radius 1 is 0.425 bits per heavy atom. The maximum absolute atomic E-state index is 2.80. The summed E-state index contributed by atoms with van der Waals surface area (Å²) >= 11 is 0. The summed E-state index contributed by atoms with van der Waals surface area (Å²) < 4.78 is 0. The van der Waals surface area contributed by atoms with Crippen LogP contribution in [0.1, 0.15) is 120 Å². The highest BCUT2D eigenvalue weighted by Gasteiger charge is 2.64. The molecule has 1 saturated carbocycles. The number of hydrogen-bond donors (Lipinski definition) is 0. The molecule has 0 heteroatoms. The molecule has 16 rings (SSSR count). The minimum absolute atomic E-state index is 0.698. The Balaban J connectivity index is 1.33. The summed E-state index contributed by atoms with van der Waals surface area (Å²) in [5.74, 6) is 7.85. The van der Waals surface area contributed by atoms with Crippen LogP contribution in [0.4, 0.5) is 0 Å². The highest BCUT2D eigenvalue weighted by Crippen LogP contribution is 2.76. The second-order valence-electron chi connectivity index (χ2n) is 16.5. The molecule has 0 saturated heterocycles. The van der Waals surface area contributed by atoms with Gasteiger partial charge in [0.2, 0.25) is 0 Å². The lowest BCUT2D eigenvalue weighted by atomic mass is 9.59. The Bertz CT molecular complexity index is 2440. The van der Waals surface area contributed by atoms with E-state index in [1.54, 1.807) is 0 Å². The van der Waals surface area contributed by atoms with Crippen molar-refractivity contribution in [2.24, 2.45) is 23.7 Å². The molecule has 3 aromatic rings. The summed E-state index contributed by atoms with van der Waals surface area (Å²) in [4.78, 5) is 0. The second-order valence-corrected chi connectivity index (χ2v) is 16.5. The van der Waals surface area contributed by atoms with E-state index in [0.717, 1.165) is 53.3 Å². The van der Waals surface area contributed by atoms with Gasteiger partial charge in [-0.05, 0) is 180 Å². The minimum atomic E-state index is 0.698. The predicted octanol–water partition coefficient (Wildman–Crippen LogP) is 5.90. The van der Waals surface area contributed by atoms with Gasteiger partial charge in [-0.25, -0.2) is 0 Å². The molecule has 0 N–H and O–H groups in total. The smallest absolute Gasteiger partial charge is 0.00672 e. The molecular weight excluding hydrogens is 480 g/mol. The third-order valence-electron chi connectivity index (χ3n) is 16.4. The van der Waals surface area contributed by atoms with Crippen molar-refractivity contribution >= 4 is 33.1 Å². The maximum atomic E-state index is 2.80. The summed E-state index contributed by atoms with van der Waals surface area (Å²) in [6, 6.07) is 0. The molecule has 40 heavy (non-hydrogen) atoms. The zero-order valence-electron chi connectivity index (χ0n) is 22.6. The molecule has 0 spiro atoms. The normalized spacial score (nSPS) is 43.4. The van der Waals surface area contributed by atoms with Gasteiger partial charge in [-0.3, -0.25) is 0 Å². The Morgan fingerprint density at radius 3 is 1.93 bits per heavy atom. The number of fused-ring (bicyclic) bond motifs is 5. The van der Waals surface area contributed by atoms with Crippen molar-refractivity contribution in [3.8, 4) is 22.3 Å². The first-order chi connectivity index (χ1) is 19.9. The van der Waals surface area contributed by atoms with E-state index < -0.39 is 0 Å². The van der Waals surface area contributed by atoms with Crippen LogP contribution < -0.4 is 20.9 Å². The van der Waals surface area contributed by atoms with E-state index in [9.17, 15) is 0 Å². The molecule has 0 bridgehead atoms. The summed E-state index contributed by atoms with van der Waals surface area (Å²) in [7, 11) is 0. The van der Waals surface area contributed by atoms with Crippen LogP contribution in [0.2, 0.25) is 0 Å². The standard InChI is InChI=1S/C40H28/c1-2-12-14-5-6-16-18-9-10-20-19-8-7-17-15-4-3-13-11(1)21-22(12)32-24(14)26(16)34-29(18)30(20)35-28(19)27(17)33-25(15)23(13)31(21)36-37(32)39(34)40(35)38(33)36/h1-2,11-13,15,18,20-22,29-30H,3-10H2. The van der Waals surface area contributed by atoms with Crippen LogP contribution in [0, 0.1) is 23.7 Å². The number of benzene rings is 3. The largest absolute Gasteiger partial charge is 0.0836 e. The number of hydrogen-bond acceptors (Lipinski definition) is 0. The Kier molecular flexibility index (Phi) is 2.11. The van der Waals surface area contributed by atoms with Crippen LogP contribution in [-0.2, 0) is 0 Å². The van der Waals surface area contributed by atoms with E-state index in [-0.39, 0.29) is 0 Å². The molecule has 0 nitrogen and oxygen atoms in total. The van der Waals surface area contributed by atoms with Crippen molar-refractivity contribution in [3.05, 3.63) is 66.4 Å². The molecule has 0 heterocycles. The van der Waals surface area contributed by atoms with E-state index >= 15 is 0 Å². The number of allylic oxidation sites excluding steroid dienone is 2. The molecule has 0 aromatic heterocycles. The first-order valence-electron chi connectivity index (χ1n) is 17.0. The van der Waals surface area contributed by atoms with Gasteiger partial charge < -0.3 is 0 Å². The van der Waals surface area contributed by atoms with Gasteiger partial charge in [0.05, 0.1) is 0 Å². The first kappa shape index (κ1) is 17.8. The van der Waals surface area contributed by atoms with Gasteiger partial charge in [0.25, 0.3) is 0 Å². The molecule has 1 fully saturated rings. The van der Waals surface area contributed by atoms with Crippen molar-refractivity contribution < 1.29 is 0 Å². The van der Waals surface area contributed by atoms with Crippen LogP contribution >= 0.6 is 0 Å². The first-order valence-corrected chi connectivity index (χ1v) is 17.0. The zero-order valence-corrected chi connectivity index (χ0v) is 22.6. The van der Waals surface area contributed by atoms with E-state index in [0.29, 0.717) is 5.92 Å². The van der Waals surface area contributed by atoms with Crippen molar-refractivity contribution in [1.82, 2.24) is 0 Å². The summed E-state index contributed by atoms with van der Waals surface area (Å²) in [5.41, 5.74) is 26.7. The van der Waals surface area contributed by atoms with Gasteiger partial charge in [-0.15, -0.1) is 0 Å². The van der Waals surface area contributed by atoms with Gasteiger partial charge in [0.15, 0.2) is 0 Å². The average Bonchev–Trinajstić information content (AvgIpc) is 3.79. The van der Waals surface area contributed by atoms with Crippen LogP contribution in [-0.4, -0.2) is 0 Å². The average molecular weight is 509 g/mol. The SMILES string of the molecule is C1=CC2C3CCC4C5=c6c7c8c9c%10c%11c(c3c4c6%10)C2C2c3c-%11c-9c4c6c3=C(CCC=6C3CCC(C=7CC5)C8C43)C12. The van der Waals surface area contributed by atoms with Gasteiger partial charge >= 0.3 is 0 Å². The van der Waals surface area contributed by atoms with Gasteiger partial charge in [-0.1, -0.05) is 34.4 Å². The monoisotopic (exact) mass is 508 g/mol. The molecule has 0 amide bonds. The zero-order chi connectivity index (χ0) is 24.4. The van der Waals surface area contributed by atoms with Crippen molar-refractivity contribution in [1.29, 1.82) is 0 Å². The van der Waals surface area contributed by atoms with Crippen molar-refractivity contribution in [2.75, 3.05) is 0 Å². The highest BCUT2D eigenvalue weighted by molar-refractivity contribution is 6.24. The molecular formula is C40H28. The molecule has 188 valence electrons. The van der Waals surface area contributed by atoms with E-state index in [1.165, 1.54) is 51.4 Å². The molecule has 3 aromatic carbocycles. The van der Waals surface area contributed by atoms with Crippen molar-refractivity contribution in [3.63, 3.8) is 0 Å². The molecule has 0 aliphatic heterocycles. The molecule has 10 unspecified atom stereocenters. The van der Waals surface area contributed by atoms with Gasteiger partial charge in [0, 0.05) is 17.8 Å². The fraction of sp³-hybridized carbons (Fsp3) is 0.450. The van der Waals surface area contributed by atoms with E-state index in [4.69, 9.17) is 0 Å². The van der Waals surface area contributed by atoms with E-state index in [1.807, 2.05) is 110 Å². The summed E-state index contributed by atoms with van der Waals surface area (Å²) in [6.07, 6.45) is 16.9. The lowest BCUT2D eigenvalue weighted by molar-refractivity contribution is 0.282. The quantitative estimate of drug-likeness (QED) is 0.260. The lowest BCUT2D eigenvalue weighted by Crippen LogP contribution is -2.38. The summed E-state index contributed by atoms with van der Waals surface area (Å²) in [6.45, 7) is 0. The fourth-order valence-electron chi connectivity index (χ4n) is 16.1. The third kappa shape index (κ3) is 1.23. The van der Waals surface area contributed by atoms with Crippen LogP contribution in [0.5, 0.6) is 0 Å². The lowest BCUT2D eigenvalue weighted by Gasteiger charge is -2.44. The molecule has 13 aliphatic rings. The predicted molar refractivity (Wildman–Crippen MR) is 157 cm³/mol. The Hall–Kier alpha value is -2.86.